The molecule has 0 amide bonds. The number of para-hydroxylation sites is 2. The lowest BCUT2D eigenvalue weighted by molar-refractivity contribution is 0.467. The monoisotopic (exact) mass is 313 g/mol. The number of phenolic OH excluding ortho intramolecular Hbond substituents is 1. The molecule has 1 aromatic heterocycles. The van der Waals surface area contributed by atoms with Gasteiger partial charge < -0.3 is 9.67 Å². The largest absolute Gasteiger partial charge is 0.505 e. The molecule has 0 aliphatic rings. The Bertz CT molecular complexity index is 1020. The van der Waals surface area contributed by atoms with Crippen molar-refractivity contribution in [3.63, 3.8) is 0 Å². The van der Waals surface area contributed by atoms with Crippen LogP contribution in [0.2, 0.25) is 0 Å². The Balaban J connectivity index is 2.15. The highest BCUT2D eigenvalue weighted by atomic mass is 16.3. The van der Waals surface area contributed by atoms with Gasteiger partial charge in [-0.1, -0.05) is 48.5 Å². The first-order valence-corrected chi connectivity index (χ1v) is 8.12. The van der Waals surface area contributed by atoms with Crippen molar-refractivity contribution in [2.45, 2.75) is 13.3 Å². The third kappa shape index (κ3) is 2.11. The van der Waals surface area contributed by atoms with Crippen LogP contribution in [-0.2, 0) is 6.42 Å². The van der Waals surface area contributed by atoms with E-state index in [-0.39, 0.29) is 0 Å². The Hall–Kier alpha value is -3.00. The van der Waals surface area contributed by atoms with E-state index in [0.29, 0.717) is 12.2 Å². The minimum atomic E-state index is 0.326. The maximum Gasteiger partial charge on any atom is 0.143 e. The van der Waals surface area contributed by atoms with Crippen LogP contribution in [0, 0.1) is 6.92 Å². The van der Waals surface area contributed by atoms with Gasteiger partial charge in [0.25, 0.3) is 0 Å². The van der Waals surface area contributed by atoms with Crippen LogP contribution < -0.4 is 0 Å². The van der Waals surface area contributed by atoms with Crippen LogP contribution in [0.3, 0.4) is 0 Å². The summed E-state index contributed by atoms with van der Waals surface area (Å²) in [7, 11) is 0. The smallest absolute Gasteiger partial charge is 0.143 e. The molecule has 2 heteroatoms. The van der Waals surface area contributed by atoms with Gasteiger partial charge in [0, 0.05) is 16.3 Å². The van der Waals surface area contributed by atoms with Gasteiger partial charge >= 0.3 is 0 Å². The van der Waals surface area contributed by atoms with E-state index in [1.165, 1.54) is 10.8 Å². The molecule has 0 saturated heterocycles. The SMILES string of the molecule is C=CCc1cc(C)cc(-n2c3ccccc3c3ccccc32)c1O. The van der Waals surface area contributed by atoms with Gasteiger partial charge in [0.1, 0.15) is 5.75 Å². The Morgan fingerprint density at radius 3 is 2.12 bits per heavy atom. The second kappa shape index (κ2) is 5.57. The summed E-state index contributed by atoms with van der Waals surface area (Å²) in [6.07, 6.45) is 2.47. The van der Waals surface area contributed by atoms with Crippen LogP contribution in [0.5, 0.6) is 5.75 Å². The number of fused-ring (bicyclic) bond motifs is 3. The van der Waals surface area contributed by atoms with E-state index in [9.17, 15) is 5.11 Å². The van der Waals surface area contributed by atoms with E-state index in [1.807, 2.05) is 30.3 Å². The van der Waals surface area contributed by atoms with Crippen LogP contribution in [-0.4, -0.2) is 9.67 Å². The van der Waals surface area contributed by atoms with Crippen molar-refractivity contribution in [2.75, 3.05) is 0 Å². The van der Waals surface area contributed by atoms with Gasteiger partial charge in [-0.15, -0.1) is 6.58 Å². The van der Waals surface area contributed by atoms with Gasteiger partial charge in [0.2, 0.25) is 0 Å². The number of hydrogen-bond donors (Lipinski definition) is 1. The highest BCUT2D eigenvalue weighted by Crippen LogP contribution is 2.36. The van der Waals surface area contributed by atoms with Crippen LogP contribution >= 0.6 is 0 Å². The molecule has 1 heterocycles. The summed E-state index contributed by atoms with van der Waals surface area (Å²) in [4.78, 5) is 0. The molecule has 4 aromatic rings. The normalized spacial score (nSPS) is 11.2. The molecule has 0 aliphatic heterocycles. The summed E-state index contributed by atoms with van der Waals surface area (Å²) in [5.74, 6) is 0.326. The molecule has 1 N–H and O–H groups in total. The molecule has 0 bridgehead atoms. The van der Waals surface area contributed by atoms with Crippen molar-refractivity contribution in [1.82, 2.24) is 4.57 Å². The molecule has 0 fully saturated rings. The zero-order chi connectivity index (χ0) is 16.7. The quantitative estimate of drug-likeness (QED) is 0.494. The van der Waals surface area contributed by atoms with E-state index < -0.39 is 0 Å². The second-order valence-electron chi connectivity index (χ2n) is 6.15. The first kappa shape index (κ1) is 14.6. The minimum Gasteiger partial charge on any atom is -0.505 e. The summed E-state index contributed by atoms with van der Waals surface area (Å²) in [5.41, 5.74) is 5.06. The third-order valence-corrected chi connectivity index (χ3v) is 4.50. The average Bonchev–Trinajstić information content (AvgIpc) is 2.93. The fourth-order valence-electron chi connectivity index (χ4n) is 3.50. The number of benzene rings is 3. The number of allylic oxidation sites excluding steroid dienone is 1. The highest BCUT2D eigenvalue weighted by Gasteiger charge is 2.16. The van der Waals surface area contributed by atoms with Crippen molar-refractivity contribution >= 4 is 21.8 Å². The predicted molar refractivity (Wildman–Crippen MR) is 101 cm³/mol. The predicted octanol–water partition coefficient (Wildman–Crippen LogP) is 5.53. The Kier molecular flexibility index (Phi) is 3.39. The van der Waals surface area contributed by atoms with E-state index >= 15 is 0 Å². The van der Waals surface area contributed by atoms with Gasteiger partial charge in [-0.05, 0) is 37.1 Å². The molecule has 0 spiro atoms. The number of aromatic nitrogens is 1. The number of phenols is 1. The van der Waals surface area contributed by atoms with Gasteiger partial charge in [0.15, 0.2) is 0 Å². The van der Waals surface area contributed by atoms with Crippen LogP contribution in [0.4, 0.5) is 0 Å². The molecule has 0 radical (unpaired) electrons. The van der Waals surface area contributed by atoms with Crippen LogP contribution in [0.15, 0.2) is 73.3 Å². The maximum atomic E-state index is 10.9. The van der Waals surface area contributed by atoms with Gasteiger partial charge in [-0.3, -0.25) is 0 Å². The molecule has 24 heavy (non-hydrogen) atoms. The summed E-state index contributed by atoms with van der Waals surface area (Å²) >= 11 is 0. The van der Waals surface area contributed by atoms with Gasteiger partial charge in [0.05, 0.1) is 16.7 Å². The molecule has 0 aliphatic carbocycles. The summed E-state index contributed by atoms with van der Waals surface area (Å²) in [5, 5.41) is 13.3. The number of aryl methyl sites for hydroxylation is 1. The van der Waals surface area contributed by atoms with E-state index in [1.54, 1.807) is 0 Å². The number of nitrogens with zero attached hydrogens (tertiary/aromatic N) is 1. The molecule has 0 unspecified atom stereocenters. The molecular formula is C22H19NO. The Morgan fingerprint density at radius 1 is 0.958 bits per heavy atom. The summed E-state index contributed by atoms with van der Waals surface area (Å²) < 4.78 is 2.15. The first-order chi connectivity index (χ1) is 11.7. The van der Waals surface area contributed by atoms with Crippen molar-refractivity contribution in [3.05, 3.63) is 84.4 Å². The number of hydrogen-bond acceptors (Lipinski definition) is 1. The van der Waals surface area contributed by atoms with Crippen molar-refractivity contribution in [2.24, 2.45) is 0 Å². The number of aromatic hydroxyl groups is 1. The lowest BCUT2D eigenvalue weighted by Crippen LogP contribution is -1.98. The Morgan fingerprint density at radius 2 is 1.54 bits per heavy atom. The number of rotatable bonds is 3. The summed E-state index contributed by atoms with van der Waals surface area (Å²) in [6, 6.07) is 20.7. The highest BCUT2D eigenvalue weighted by molar-refractivity contribution is 6.09. The maximum absolute atomic E-state index is 10.9. The molecule has 0 atom stereocenters. The van der Waals surface area contributed by atoms with Crippen molar-refractivity contribution < 1.29 is 5.11 Å². The van der Waals surface area contributed by atoms with Crippen molar-refractivity contribution in [3.8, 4) is 11.4 Å². The van der Waals surface area contributed by atoms with E-state index in [4.69, 9.17) is 0 Å². The van der Waals surface area contributed by atoms with Crippen molar-refractivity contribution in [1.29, 1.82) is 0 Å². The first-order valence-electron chi connectivity index (χ1n) is 8.12. The second-order valence-corrected chi connectivity index (χ2v) is 6.15. The standard InChI is InChI=1S/C22H19NO/c1-3-8-16-13-15(2)14-21(22(16)24)23-19-11-6-4-9-17(19)18-10-5-7-12-20(18)23/h3-7,9-14,24H,1,8H2,2H3. The fraction of sp³-hybridized carbons (Fsp3) is 0.0909. The Labute approximate surface area is 141 Å². The molecule has 4 rings (SSSR count). The zero-order valence-corrected chi connectivity index (χ0v) is 13.7. The zero-order valence-electron chi connectivity index (χ0n) is 13.7. The average molecular weight is 313 g/mol. The van der Waals surface area contributed by atoms with Crippen LogP contribution in [0.25, 0.3) is 27.5 Å². The van der Waals surface area contributed by atoms with Crippen LogP contribution in [0.1, 0.15) is 11.1 Å². The third-order valence-electron chi connectivity index (χ3n) is 4.50. The molecular weight excluding hydrogens is 294 g/mol. The summed E-state index contributed by atoms with van der Waals surface area (Å²) in [6.45, 7) is 5.86. The molecule has 2 nitrogen and oxygen atoms in total. The lowest BCUT2D eigenvalue weighted by Gasteiger charge is -2.14. The van der Waals surface area contributed by atoms with E-state index in [2.05, 4.69) is 54.5 Å². The fourth-order valence-corrected chi connectivity index (χ4v) is 3.50. The van der Waals surface area contributed by atoms with Gasteiger partial charge in [-0.2, -0.15) is 0 Å². The van der Waals surface area contributed by atoms with Gasteiger partial charge in [-0.25, -0.2) is 0 Å². The molecule has 0 saturated carbocycles. The lowest BCUT2D eigenvalue weighted by atomic mass is 10.1. The molecule has 118 valence electrons. The van der Waals surface area contributed by atoms with E-state index in [0.717, 1.165) is 27.8 Å². The minimum absolute atomic E-state index is 0.326. The molecule has 3 aromatic carbocycles. The topological polar surface area (TPSA) is 25.2 Å².